The van der Waals surface area contributed by atoms with E-state index in [1.807, 2.05) is 0 Å². The molecule has 0 saturated carbocycles. The minimum atomic E-state index is -2.64. The molecule has 0 amide bonds. The van der Waals surface area contributed by atoms with Crippen molar-refractivity contribution in [3.05, 3.63) is 0 Å². The molecule has 0 aromatic rings. The Hall–Kier alpha value is 3.00. The average Bonchev–Trinajstić information content (AvgIpc) is 1.75. The molecule has 5 heteroatoms. The van der Waals surface area contributed by atoms with Crippen LogP contribution >= 0.6 is 37.4 Å². The molecule has 1 aliphatic heterocycles. The van der Waals surface area contributed by atoms with Crippen molar-refractivity contribution >= 4 is 55.8 Å². The third kappa shape index (κ3) is 2.23. The molecule has 1 fully saturated rings. The second-order valence-electron chi connectivity index (χ2n) is 5.65. The molecule has 0 N–H and O–H groups in total. The molecule has 1 nitrogen and oxygen atoms in total. The molecule has 1 saturated heterocycles. The Morgan fingerprint density at radius 2 is 1.67 bits per heavy atom. The zero-order valence-corrected chi connectivity index (χ0v) is 17.1. The Morgan fingerprint density at radius 3 is 1.92 bits per heavy atom. The third-order valence-electron chi connectivity index (χ3n) is 2.32. The number of hydrogen-bond acceptors (Lipinski definition) is 1. The summed E-state index contributed by atoms with van der Waals surface area (Å²) in [6.45, 7) is -0.967. The van der Waals surface area contributed by atoms with Crippen LogP contribution in [-0.2, 0) is 3.10 Å². The van der Waals surface area contributed by atoms with Crippen molar-refractivity contribution in [2.75, 3.05) is 6.61 Å². The van der Waals surface area contributed by atoms with E-state index in [0.717, 1.165) is 6.61 Å². The van der Waals surface area contributed by atoms with Crippen LogP contribution in [0.3, 0.4) is 0 Å². The van der Waals surface area contributed by atoms with Crippen molar-refractivity contribution in [2.24, 2.45) is 0 Å². The summed E-state index contributed by atoms with van der Waals surface area (Å²) in [5.41, 5.74) is 0. The zero-order chi connectivity index (χ0) is 9.74. The van der Waals surface area contributed by atoms with Gasteiger partial charge in [-0.1, -0.05) is 0 Å². The summed E-state index contributed by atoms with van der Waals surface area (Å²) in [6, 6.07) is 0. The summed E-state index contributed by atoms with van der Waals surface area (Å²) in [7, 11) is 0. The van der Waals surface area contributed by atoms with Crippen molar-refractivity contribution in [3.63, 3.8) is 0 Å². The van der Waals surface area contributed by atoms with Gasteiger partial charge in [0.1, 0.15) is 0 Å². The molecule has 1 aliphatic rings. The van der Waals surface area contributed by atoms with E-state index in [4.69, 9.17) is 3.10 Å². The molecule has 1 rings (SSSR count). The first-order valence-corrected chi connectivity index (χ1v) is 36.7. The monoisotopic (exact) mass is 632 g/mol. The van der Waals surface area contributed by atoms with Crippen LogP contribution in [0.25, 0.3) is 0 Å². The van der Waals surface area contributed by atoms with Crippen molar-refractivity contribution in [3.8, 4) is 0 Å². The van der Waals surface area contributed by atoms with E-state index in [1.54, 1.807) is 0 Å². The van der Waals surface area contributed by atoms with Crippen LogP contribution < -0.4 is 0 Å². The van der Waals surface area contributed by atoms with Gasteiger partial charge in [-0.25, -0.2) is 0 Å². The van der Waals surface area contributed by atoms with Crippen LogP contribution in [-0.4, -0.2) is 25.0 Å². The second-order valence-corrected chi connectivity index (χ2v) is 127. The van der Waals surface area contributed by atoms with Gasteiger partial charge in [-0.3, -0.25) is 0 Å². The molecule has 0 aliphatic carbocycles. The minimum absolute atomic E-state index is 1.03. The summed E-state index contributed by atoms with van der Waals surface area (Å²) in [4.78, 5) is 10.3. The maximum atomic E-state index is 6.13. The summed E-state index contributed by atoms with van der Waals surface area (Å²) in [5.74, 6) is 0. The molecule has 0 unspecified atom stereocenters. The van der Waals surface area contributed by atoms with Crippen LogP contribution in [0.2, 0.25) is 24.4 Å². The van der Waals surface area contributed by atoms with E-state index in [0.29, 0.717) is 0 Å². The molecule has 0 radical (unpaired) electrons. The van der Waals surface area contributed by atoms with Crippen molar-refractivity contribution in [1.82, 2.24) is 0 Å². The van der Waals surface area contributed by atoms with Gasteiger partial charge in [0.25, 0.3) is 0 Å². The second kappa shape index (κ2) is 3.02. The van der Waals surface area contributed by atoms with Crippen molar-refractivity contribution in [2.45, 2.75) is 30.8 Å². The number of rotatable bonds is 0. The van der Waals surface area contributed by atoms with Crippen LogP contribution in [0.4, 0.5) is 0 Å². The summed E-state index contributed by atoms with van der Waals surface area (Å²) in [5, 5.41) is 0. The first-order valence-electron chi connectivity index (χ1n) is 3.85. The predicted molar refractivity (Wildman–Crippen MR) is 78.4 cm³/mol. The van der Waals surface area contributed by atoms with E-state index in [-0.39, 0.29) is 0 Å². The molecule has 12 heavy (non-hydrogen) atoms. The Kier molecular flexibility index (Phi) is 3.29. The predicted octanol–water partition coefficient (Wildman–Crippen LogP) is 4.17. The Balaban J connectivity index is 3.19. The van der Waals surface area contributed by atoms with Crippen LogP contribution in [0.1, 0.15) is 6.42 Å². The molecular weight excluding hydrogens is 609 g/mol. The van der Waals surface area contributed by atoms with Crippen LogP contribution in [0.5, 0.6) is 0 Å². The molecule has 0 aromatic carbocycles. The number of hydrogen-bond donors (Lipinski definition) is 0. The van der Waals surface area contributed by atoms with Crippen molar-refractivity contribution < 1.29 is 3.10 Å². The topological polar surface area (TPSA) is 9.23 Å². The SMILES string of the molecule is C[Te]1(C)(C)(C)CCCO[Te]1(I)I. The molecular formula is C7H18I2OTe2. The Bertz CT molecular complexity index is 216. The molecule has 0 atom stereocenters. The fourth-order valence-electron chi connectivity index (χ4n) is 1.17. The van der Waals surface area contributed by atoms with Crippen molar-refractivity contribution in [1.29, 1.82) is 0 Å². The fourth-order valence-corrected chi connectivity index (χ4v) is 42.4. The van der Waals surface area contributed by atoms with Gasteiger partial charge in [0.15, 0.2) is 0 Å². The van der Waals surface area contributed by atoms with E-state index in [1.165, 1.54) is 10.9 Å². The van der Waals surface area contributed by atoms with E-state index in [2.05, 4.69) is 57.3 Å². The molecule has 0 spiro atoms. The van der Waals surface area contributed by atoms with Gasteiger partial charge in [0.05, 0.1) is 0 Å². The van der Waals surface area contributed by atoms with Gasteiger partial charge in [0, 0.05) is 0 Å². The normalized spacial score (nSPS) is 44.2. The average molecular weight is 627 g/mol. The first kappa shape index (κ1) is 13.1. The first-order chi connectivity index (χ1) is 4.98. The van der Waals surface area contributed by atoms with Crippen LogP contribution in [0, 0.1) is 0 Å². The molecule has 78 valence electrons. The zero-order valence-electron chi connectivity index (χ0n) is 8.10. The standard InChI is InChI=1S/C7H18I2OTe2/c1-12(2,3,4)7-5-6-10-11(12,8)9/h5-7H2,1-4H3. The third-order valence-corrected chi connectivity index (χ3v) is 211. The fraction of sp³-hybridized carbons (Fsp3) is 1.00. The van der Waals surface area contributed by atoms with Crippen LogP contribution in [0.15, 0.2) is 0 Å². The van der Waals surface area contributed by atoms with Gasteiger partial charge in [0.2, 0.25) is 0 Å². The van der Waals surface area contributed by atoms with Gasteiger partial charge in [-0.05, 0) is 0 Å². The quantitative estimate of drug-likeness (QED) is 0.290. The van der Waals surface area contributed by atoms with Gasteiger partial charge in [-0.2, -0.15) is 0 Å². The summed E-state index contributed by atoms with van der Waals surface area (Å²) in [6.07, 6.45) is 1.30. The van der Waals surface area contributed by atoms with Gasteiger partial charge >= 0.3 is 96.3 Å². The number of halogens is 2. The summed E-state index contributed by atoms with van der Waals surface area (Å²) >= 11 is 2.78. The Morgan fingerprint density at radius 1 is 1.17 bits per heavy atom. The van der Waals surface area contributed by atoms with E-state index < -0.39 is 18.4 Å². The van der Waals surface area contributed by atoms with Gasteiger partial charge < -0.3 is 0 Å². The van der Waals surface area contributed by atoms with E-state index in [9.17, 15) is 0 Å². The summed E-state index contributed by atoms with van der Waals surface area (Å²) < 4.78 is 7.61. The molecule has 0 aromatic heterocycles. The van der Waals surface area contributed by atoms with E-state index >= 15 is 0 Å². The van der Waals surface area contributed by atoms with Gasteiger partial charge in [-0.15, -0.1) is 0 Å². The molecule has 1 heterocycles. The Labute approximate surface area is 94.0 Å². The maximum absolute atomic E-state index is 6.13. The molecule has 0 bridgehead atoms.